The quantitative estimate of drug-likeness (QED) is 0.667. The molecule has 0 amide bonds. The Morgan fingerprint density at radius 1 is 1.67 bits per heavy atom. The van der Waals surface area contributed by atoms with Crippen molar-refractivity contribution < 1.29 is 5.11 Å². The first-order valence-electron chi connectivity index (χ1n) is 5.37. The van der Waals surface area contributed by atoms with Crippen LogP contribution >= 0.6 is 0 Å². The van der Waals surface area contributed by atoms with Crippen LogP contribution in [0.25, 0.3) is 0 Å². The molecule has 2 rings (SSSR count). The fraction of sp³-hybridized carbons (Fsp3) is 0.545. The SMILES string of the molecule is Nc1cc(CC(O)[C@@H]2CCCN2)ccn1. The zero-order valence-electron chi connectivity index (χ0n) is 8.69. The first-order valence-corrected chi connectivity index (χ1v) is 5.37. The van der Waals surface area contributed by atoms with Gasteiger partial charge in [0.2, 0.25) is 0 Å². The summed E-state index contributed by atoms with van der Waals surface area (Å²) >= 11 is 0. The molecule has 1 saturated heterocycles. The van der Waals surface area contributed by atoms with E-state index in [9.17, 15) is 5.11 Å². The van der Waals surface area contributed by atoms with Crippen LogP contribution in [-0.4, -0.2) is 28.8 Å². The van der Waals surface area contributed by atoms with Gasteiger partial charge in [-0.3, -0.25) is 0 Å². The predicted molar refractivity (Wildman–Crippen MR) is 59.4 cm³/mol. The van der Waals surface area contributed by atoms with Crippen molar-refractivity contribution in [2.24, 2.45) is 0 Å². The standard InChI is InChI=1S/C11H17N3O/c12-11-7-8(3-5-14-11)6-10(15)9-2-1-4-13-9/h3,5,7,9-10,13,15H,1-2,4,6H2,(H2,12,14)/t9-,10?/m0/s1. The Kier molecular flexibility index (Phi) is 3.18. The normalized spacial score (nSPS) is 22.9. The number of nitrogens with one attached hydrogen (secondary N) is 1. The lowest BCUT2D eigenvalue weighted by Crippen LogP contribution is -2.36. The Balaban J connectivity index is 1.95. The van der Waals surface area contributed by atoms with Gasteiger partial charge < -0.3 is 16.2 Å². The van der Waals surface area contributed by atoms with Gasteiger partial charge in [-0.15, -0.1) is 0 Å². The molecule has 82 valence electrons. The van der Waals surface area contributed by atoms with Gasteiger partial charge >= 0.3 is 0 Å². The summed E-state index contributed by atoms with van der Waals surface area (Å²) in [7, 11) is 0. The second-order valence-electron chi connectivity index (χ2n) is 4.06. The van der Waals surface area contributed by atoms with E-state index < -0.39 is 0 Å². The Morgan fingerprint density at radius 2 is 2.53 bits per heavy atom. The van der Waals surface area contributed by atoms with E-state index in [0.29, 0.717) is 12.2 Å². The van der Waals surface area contributed by atoms with Crippen LogP contribution < -0.4 is 11.1 Å². The van der Waals surface area contributed by atoms with Crippen LogP contribution in [0.3, 0.4) is 0 Å². The molecule has 1 aliphatic heterocycles. The van der Waals surface area contributed by atoms with Gasteiger partial charge in [-0.2, -0.15) is 0 Å². The molecule has 0 bridgehead atoms. The molecule has 0 spiro atoms. The number of nitrogens with zero attached hydrogens (tertiary/aromatic N) is 1. The topological polar surface area (TPSA) is 71.2 Å². The number of aliphatic hydroxyl groups is 1. The highest BCUT2D eigenvalue weighted by atomic mass is 16.3. The van der Waals surface area contributed by atoms with Gasteiger partial charge in [0.1, 0.15) is 5.82 Å². The van der Waals surface area contributed by atoms with Crippen LogP contribution in [0.4, 0.5) is 5.82 Å². The van der Waals surface area contributed by atoms with Gasteiger partial charge in [-0.05, 0) is 37.1 Å². The molecule has 0 radical (unpaired) electrons. The number of aromatic nitrogens is 1. The average Bonchev–Trinajstić information content (AvgIpc) is 2.70. The minimum absolute atomic E-state index is 0.236. The van der Waals surface area contributed by atoms with Crippen LogP contribution in [0.2, 0.25) is 0 Å². The molecule has 0 saturated carbocycles. The largest absolute Gasteiger partial charge is 0.391 e. The summed E-state index contributed by atoms with van der Waals surface area (Å²) < 4.78 is 0. The highest BCUT2D eigenvalue weighted by Gasteiger charge is 2.22. The molecule has 1 fully saturated rings. The van der Waals surface area contributed by atoms with Crippen LogP contribution in [0.5, 0.6) is 0 Å². The highest BCUT2D eigenvalue weighted by Crippen LogP contribution is 2.14. The summed E-state index contributed by atoms with van der Waals surface area (Å²) in [6.07, 6.45) is 4.21. The van der Waals surface area contributed by atoms with E-state index >= 15 is 0 Å². The van der Waals surface area contributed by atoms with Crippen molar-refractivity contribution in [1.82, 2.24) is 10.3 Å². The van der Waals surface area contributed by atoms with E-state index in [0.717, 1.165) is 24.9 Å². The molecule has 15 heavy (non-hydrogen) atoms. The van der Waals surface area contributed by atoms with Crippen molar-refractivity contribution in [3.63, 3.8) is 0 Å². The summed E-state index contributed by atoms with van der Waals surface area (Å²) in [5.41, 5.74) is 6.62. The second kappa shape index (κ2) is 4.59. The van der Waals surface area contributed by atoms with E-state index in [4.69, 9.17) is 5.73 Å². The van der Waals surface area contributed by atoms with Crippen molar-refractivity contribution in [3.8, 4) is 0 Å². The predicted octanol–water partition coefficient (Wildman–Crippen LogP) is 0.319. The minimum atomic E-state index is -0.325. The number of anilines is 1. The third-order valence-electron chi connectivity index (χ3n) is 2.85. The van der Waals surface area contributed by atoms with E-state index in [2.05, 4.69) is 10.3 Å². The monoisotopic (exact) mass is 207 g/mol. The lowest BCUT2D eigenvalue weighted by atomic mass is 10.0. The van der Waals surface area contributed by atoms with Gasteiger partial charge in [0, 0.05) is 18.7 Å². The smallest absolute Gasteiger partial charge is 0.123 e. The average molecular weight is 207 g/mol. The third kappa shape index (κ3) is 2.67. The lowest BCUT2D eigenvalue weighted by molar-refractivity contribution is 0.136. The van der Waals surface area contributed by atoms with Gasteiger partial charge in [-0.25, -0.2) is 4.98 Å². The van der Waals surface area contributed by atoms with Crippen LogP contribution in [0, 0.1) is 0 Å². The maximum Gasteiger partial charge on any atom is 0.123 e. The number of nitrogen functional groups attached to an aromatic ring is 1. The third-order valence-corrected chi connectivity index (χ3v) is 2.85. The fourth-order valence-corrected chi connectivity index (χ4v) is 2.05. The number of nitrogens with two attached hydrogens (primary N) is 1. The maximum atomic E-state index is 9.97. The van der Waals surface area contributed by atoms with E-state index in [1.165, 1.54) is 0 Å². The number of hydrogen-bond donors (Lipinski definition) is 3. The lowest BCUT2D eigenvalue weighted by Gasteiger charge is -2.18. The van der Waals surface area contributed by atoms with Gasteiger partial charge in [-0.1, -0.05) is 0 Å². The molecule has 1 aromatic heterocycles. The molecule has 0 aromatic carbocycles. The number of rotatable bonds is 3. The van der Waals surface area contributed by atoms with Crippen molar-refractivity contribution in [3.05, 3.63) is 23.9 Å². The van der Waals surface area contributed by atoms with Crippen molar-refractivity contribution >= 4 is 5.82 Å². The fourth-order valence-electron chi connectivity index (χ4n) is 2.05. The molecule has 2 atom stereocenters. The van der Waals surface area contributed by atoms with Crippen LogP contribution in [-0.2, 0) is 6.42 Å². The first kappa shape index (κ1) is 10.4. The molecule has 0 aliphatic carbocycles. The molecule has 4 nitrogen and oxygen atoms in total. The summed E-state index contributed by atoms with van der Waals surface area (Å²) in [5, 5.41) is 13.3. The summed E-state index contributed by atoms with van der Waals surface area (Å²) in [6.45, 7) is 1.01. The maximum absolute atomic E-state index is 9.97. The van der Waals surface area contributed by atoms with Crippen LogP contribution in [0.15, 0.2) is 18.3 Å². The second-order valence-corrected chi connectivity index (χ2v) is 4.06. The molecular weight excluding hydrogens is 190 g/mol. The first-order chi connectivity index (χ1) is 7.25. The molecule has 4 heteroatoms. The van der Waals surface area contributed by atoms with E-state index in [1.807, 2.05) is 12.1 Å². The molecule has 4 N–H and O–H groups in total. The van der Waals surface area contributed by atoms with Crippen molar-refractivity contribution in [1.29, 1.82) is 0 Å². The van der Waals surface area contributed by atoms with E-state index in [-0.39, 0.29) is 12.1 Å². The van der Waals surface area contributed by atoms with E-state index in [1.54, 1.807) is 6.20 Å². The zero-order valence-corrected chi connectivity index (χ0v) is 8.69. The molecule has 1 unspecified atom stereocenters. The van der Waals surface area contributed by atoms with Gasteiger partial charge in [0.25, 0.3) is 0 Å². The minimum Gasteiger partial charge on any atom is -0.391 e. The highest BCUT2D eigenvalue weighted by molar-refractivity contribution is 5.32. The van der Waals surface area contributed by atoms with Gasteiger partial charge in [0.05, 0.1) is 6.10 Å². The number of pyridine rings is 1. The summed E-state index contributed by atoms with van der Waals surface area (Å²) in [6, 6.07) is 3.95. The summed E-state index contributed by atoms with van der Waals surface area (Å²) in [4.78, 5) is 3.93. The zero-order chi connectivity index (χ0) is 10.7. The Bertz CT molecular complexity index is 323. The Morgan fingerprint density at radius 3 is 3.20 bits per heavy atom. The van der Waals surface area contributed by atoms with Crippen molar-refractivity contribution in [2.75, 3.05) is 12.3 Å². The summed E-state index contributed by atoms with van der Waals surface area (Å²) in [5.74, 6) is 0.513. The molecular formula is C11H17N3O. The molecule has 1 aliphatic rings. The number of hydrogen-bond acceptors (Lipinski definition) is 4. The molecule has 2 heterocycles. The Hall–Kier alpha value is -1.13. The van der Waals surface area contributed by atoms with Crippen molar-refractivity contribution in [2.45, 2.75) is 31.4 Å². The molecule has 1 aromatic rings. The van der Waals surface area contributed by atoms with Crippen LogP contribution in [0.1, 0.15) is 18.4 Å². The van der Waals surface area contributed by atoms with Gasteiger partial charge in [0.15, 0.2) is 0 Å². The number of aliphatic hydroxyl groups excluding tert-OH is 1. The Labute approximate surface area is 89.5 Å².